The molecule has 15 N–H and O–H groups in total. The number of hydrogen-bond donors (Lipinski definition) is 3. The largest absolute Gasteiger partial charge is 0.412 e. The van der Waals surface area contributed by atoms with E-state index in [9.17, 15) is 0 Å². The van der Waals surface area contributed by atoms with Gasteiger partial charge in [-0.05, 0) is 31.0 Å². The molecule has 187 valence electrons. The van der Waals surface area contributed by atoms with Gasteiger partial charge >= 0.3 is 0 Å². The normalized spacial score (nSPS) is 13.0. The van der Waals surface area contributed by atoms with Crippen LogP contribution in [0.15, 0.2) is 24.5 Å². The predicted octanol–water partition coefficient (Wildman–Crippen LogP) is -4.05. The first-order valence-corrected chi connectivity index (χ1v) is 6.79. The van der Waals surface area contributed by atoms with Crippen LogP contribution in [-0.4, -0.2) is 88.1 Å². The topological polar surface area (TPSA) is 352 Å². The zero-order valence-electron chi connectivity index (χ0n) is 15.7. The molecular weight excluding hydrogens is 467 g/mol. The predicted molar refractivity (Wildman–Crippen MR) is 98.7 cm³/mol. The van der Waals surface area contributed by atoms with Crippen LogP contribution in [0.2, 0.25) is 0 Å². The van der Waals surface area contributed by atoms with Crippen molar-refractivity contribution in [2.24, 2.45) is 0 Å². The fourth-order valence-electron chi connectivity index (χ4n) is 2.34. The van der Waals surface area contributed by atoms with Gasteiger partial charge in [0, 0.05) is 41.8 Å². The number of rotatable bonds is 3. The molecule has 0 aromatic carbocycles. The van der Waals surface area contributed by atoms with Gasteiger partial charge in [0.25, 0.3) is 10.2 Å². The molecule has 18 heteroatoms. The Bertz CT molecular complexity index is 453. The Kier molecular flexibility index (Phi) is 53.3. The van der Waals surface area contributed by atoms with Crippen LogP contribution in [0.4, 0.5) is 0 Å². The van der Waals surface area contributed by atoms with E-state index in [4.69, 9.17) is 35.7 Å². The third-order valence-corrected chi connectivity index (χ3v) is 3.07. The second kappa shape index (κ2) is 31.4. The molecule has 1 saturated heterocycles. The van der Waals surface area contributed by atoms with Gasteiger partial charge in [-0.25, -0.2) is 0 Å². The van der Waals surface area contributed by atoms with Crippen molar-refractivity contribution in [3.8, 4) is 0 Å². The summed E-state index contributed by atoms with van der Waals surface area (Å²) in [6, 6.07) is 4.58. The van der Waals surface area contributed by atoms with Gasteiger partial charge < -0.3 is 48.4 Å². The Morgan fingerprint density at radius 1 is 1.03 bits per heavy atom. The summed E-state index contributed by atoms with van der Waals surface area (Å²) in [6.45, 7) is 2.12. The van der Waals surface area contributed by atoms with Crippen LogP contribution in [-0.2, 0) is 16.8 Å². The number of β-amino-alcohol motifs (C(OH)–C–C–N with tert-alkyl or cyclic N) is 1. The molecule has 0 amide bonds. The molecule has 1 aromatic rings. The molecule has 1 radical (unpaired) electrons. The number of piperidine rings is 1. The SMILES string of the molecule is O.O.O.O.O.O.O=[N+]([O-])O.O=[N+]([O-])O.OCCN1CCCCC1c1cccnc1.[Co]. The Balaban J connectivity index is -0.0000000476. The molecule has 0 bridgehead atoms. The van der Waals surface area contributed by atoms with E-state index in [2.05, 4.69) is 16.0 Å². The van der Waals surface area contributed by atoms with Gasteiger partial charge in [0.15, 0.2) is 0 Å². The maximum absolute atomic E-state index is 9.03. The van der Waals surface area contributed by atoms with Crippen molar-refractivity contribution >= 4 is 0 Å². The van der Waals surface area contributed by atoms with E-state index in [1.54, 1.807) is 0 Å². The van der Waals surface area contributed by atoms with Crippen LogP contribution < -0.4 is 0 Å². The average Bonchev–Trinajstić information content (AvgIpc) is 2.48. The molecule has 1 fully saturated rings. The number of aromatic nitrogens is 1. The zero-order valence-corrected chi connectivity index (χ0v) is 16.8. The summed E-state index contributed by atoms with van der Waals surface area (Å²) in [6.07, 6.45) is 7.47. The molecule has 1 atom stereocenters. The minimum atomic E-state index is -1.50. The van der Waals surface area contributed by atoms with Crippen LogP contribution >= 0.6 is 0 Å². The summed E-state index contributed by atoms with van der Waals surface area (Å²) in [7, 11) is 0. The van der Waals surface area contributed by atoms with E-state index in [0.29, 0.717) is 6.04 Å². The Labute approximate surface area is 181 Å². The van der Waals surface area contributed by atoms with Gasteiger partial charge in [-0.1, -0.05) is 12.5 Å². The molecule has 30 heavy (non-hydrogen) atoms. The van der Waals surface area contributed by atoms with Crippen molar-refractivity contribution < 1.29 is 75.3 Å². The van der Waals surface area contributed by atoms with E-state index in [-0.39, 0.29) is 56.2 Å². The molecule has 0 saturated carbocycles. The minimum absolute atomic E-state index is 0. The van der Waals surface area contributed by atoms with Crippen molar-refractivity contribution in [1.82, 2.24) is 9.88 Å². The number of nitrogens with zero attached hydrogens (tertiary/aromatic N) is 4. The van der Waals surface area contributed by atoms with Crippen LogP contribution in [0.5, 0.6) is 0 Å². The summed E-state index contributed by atoms with van der Waals surface area (Å²) in [5.41, 5.74) is 1.28. The van der Waals surface area contributed by atoms with Gasteiger partial charge in [0.1, 0.15) is 0 Å². The van der Waals surface area contributed by atoms with Crippen molar-refractivity contribution in [1.29, 1.82) is 0 Å². The summed E-state index contributed by atoms with van der Waals surface area (Å²) in [5, 5.41) is 36.3. The van der Waals surface area contributed by atoms with Crippen molar-refractivity contribution in [2.75, 3.05) is 19.7 Å². The first-order chi connectivity index (χ1) is 10.9. The first-order valence-electron chi connectivity index (χ1n) is 6.79. The second-order valence-electron chi connectivity index (χ2n) is 4.53. The maximum Gasteiger partial charge on any atom is 0.291 e. The fraction of sp³-hybridized carbons (Fsp3) is 0.583. The van der Waals surface area contributed by atoms with Gasteiger partial charge in [-0.15, -0.1) is 20.2 Å². The Morgan fingerprint density at radius 3 is 1.87 bits per heavy atom. The molecule has 2 heterocycles. The van der Waals surface area contributed by atoms with E-state index in [1.165, 1.54) is 24.8 Å². The zero-order chi connectivity index (χ0) is 17.7. The molecule has 1 aromatic heterocycles. The first kappa shape index (κ1) is 50.9. The third-order valence-electron chi connectivity index (χ3n) is 3.07. The van der Waals surface area contributed by atoms with E-state index in [0.717, 1.165) is 13.1 Å². The summed E-state index contributed by atoms with van der Waals surface area (Å²) in [4.78, 5) is 23.2. The van der Waals surface area contributed by atoms with Crippen LogP contribution in [0.1, 0.15) is 30.9 Å². The van der Waals surface area contributed by atoms with Crippen molar-refractivity contribution in [3.63, 3.8) is 0 Å². The quantitative estimate of drug-likeness (QED) is 0.268. The standard InChI is InChI=1S/C12H18N2O.Co.2HNO3.6H2O/c15-9-8-14-7-2-1-5-12(14)11-4-3-6-13-10-11;;2*2-1(3)4;;;;;;/h3-4,6,10,12,15H,1-2,5,7-9H2;;2*(H,2,3,4);6*1H2. The van der Waals surface area contributed by atoms with Gasteiger partial charge in [0.05, 0.1) is 6.61 Å². The number of pyridine rings is 1. The molecular formula is C12H32CoN4O13. The fourth-order valence-corrected chi connectivity index (χ4v) is 2.34. The van der Waals surface area contributed by atoms with Crippen LogP contribution in [0, 0.1) is 20.2 Å². The molecule has 2 rings (SSSR count). The monoisotopic (exact) mass is 499 g/mol. The van der Waals surface area contributed by atoms with E-state index in [1.807, 2.05) is 18.5 Å². The van der Waals surface area contributed by atoms with E-state index >= 15 is 0 Å². The van der Waals surface area contributed by atoms with Crippen LogP contribution in [0.25, 0.3) is 0 Å². The Hall–Kier alpha value is -2.26. The summed E-state index contributed by atoms with van der Waals surface area (Å²) >= 11 is 0. The van der Waals surface area contributed by atoms with Gasteiger partial charge in [0.2, 0.25) is 0 Å². The minimum Gasteiger partial charge on any atom is -0.412 e. The number of aliphatic hydroxyl groups is 1. The second-order valence-corrected chi connectivity index (χ2v) is 4.53. The smallest absolute Gasteiger partial charge is 0.291 e. The summed E-state index contributed by atoms with van der Waals surface area (Å²) in [5.74, 6) is 0. The molecule has 0 aliphatic carbocycles. The number of aliphatic hydroxyl groups excluding tert-OH is 1. The Morgan fingerprint density at radius 2 is 1.50 bits per heavy atom. The average molecular weight is 499 g/mol. The molecule has 1 aliphatic rings. The van der Waals surface area contributed by atoms with E-state index < -0.39 is 10.2 Å². The van der Waals surface area contributed by atoms with Crippen molar-refractivity contribution in [3.05, 3.63) is 50.3 Å². The third kappa shape index (κ3) is 28.0. The summed E-state index contributed by atoms with van der Waals surface area (Å²) < 4.78 is 0. The molecule has 1 aliphatic heterocycles. The number of hydrogen-bond acceptors (Lipinski definition) is 7. The van der Waals surface area contributed by atoms with Crippen molar-refractivity contribution in [2.45, 2.75) is 25.3 Å². The number of likely N-dealkylation sites (tertiary alicyclic amines) is 1. The van der Waals surface area contributed by atoms with Crippen LogP contribution in [0.3, 0.4) is 0 Å². The molecule has 1 unspecified atom stereocenters. The maximum atomic E-state index is 9.03. The molecule has 0 spiro atoms. The molecule has 17 nitrogen and oxygen atoms in total. The van der Waals surface area contributed by atoms with Gasteiger partial charge in [-0.2, -0.15) is 0 Å². The van der Waals surface area contributed by atoms with Gasteiger partial charge in [-0.3, -0.25) is 9.88 Å².